The maximum Gasteiger partial charge on any atom is 0.271 e. The highest BCUT2D eigenvalue weighted by atomic mass is 79.9. The molecule has 1 aliphatic rings. The number of allylic oxidation sites excluding steroid dienone is 1. The van der Waals surface area contributed by atoms with Crippen LogP contribution >= 0.6 is 27.3 Å². The molecule has 0 spiro atoms. The number of carbonyl (C=O) groups excluding carboxylic acids is 1. The molecule has 1 atom stereocenters. The summed E-state index contributed by atoms with van der Waals surface area (Å²) in [6, 6.07) is 9.54. The van der Waals surface area contributed by atoms with E-state index in [1.54, 1.807) is 68.5 Å². The van der Waals surface area contributed by atoms with Gasteiger partial charge in [-0.2, -0.15) is 0 Å². The van der Waals surface area contributed by atoms with Gasteiger partial charge in [0.25, 0.3) is 11.5 Å². The fourth-order valence-electron chi connectivity index (χ4n) is 4.41. The van der Waals surface area contributed by atoms with Gasteiger partial charge in [-0.05, 0) is 63.2 Å². The van der Waals surface area contributed by atoms with Crippen molar-refractivity contribution in [1.29, 1.82) is 0 Å². The number of ether oxygens (including phenoxy) is 2. The highest BCUT2D eigenvalue weighted by Crippen LogP contribution is 2.38. The molecule has 0 bridgehead atoms. The number of rotatable bonds is 7. The molecule has 194 valence electrons. The number of hydrogen-bond donors (Lipinski definition) is 1. The van der Waals surface area contributed by atoms with Crippen molar-refractivity contribution in [3.8, 4) is 17.2 Å². The summed E-state index contributed by atoms with van der Waals surface area (Å²) in [6.45, 7) is 6.64. The van der Waals surface area contributed by atoms with Gasteiger partial charge in [0.15, 0.2) is 4.80 Å². The van der Waals surface area contributed by atoms with Gasteiger partial charge in [0.05, 0.1) is 30.0 Å². The zero-order valence-corrected chi connectivity index (χ0v) is 23.6. The summed E-state index contributed by atoms with van der Waals surface area (Å²) in [7, 11) is 3.11. The predicted molar refractivity (Wildman–Crippen MR) is 147 cm³/mol. The van der Waals surface area contributed by atoms with Crippen LogP contribution in [0.5, 0.6) is 17.2 Å². The van der Waals surface area contributed by atoms with Crippen molar-refractivity contribution in [1.82, 2.24) is 9.47 Å². The predicted octanol–water partition coefficient (Wildman–Crippen LogP) is 3.59. The number of halogens is 1. The molecule has 8 nitrogen and oxygen atoms in total. The number of thiazole rings is 1. The van der Waals surface area contributed by atoms with Crippen LogP contribution in [0, 0.1) is 0 Å². The van der Waals surface area contributed by atoms with Crippen molar-refractivity contribution in [2.75, 3.05) is 27.3 Å². The summed E-state index contributed by atoms with van der Waals surface area (Å²) >= 11 is 4.61. The lowest BCUT2D eigenvalue weighted by Crippen LogP contribution is -2.43. The van der Waals surface area contributed by atoms with Gasteiger partial charge >= 0.3 is 0 Å². The van der Waals surface area contributed by atoms with Crippen LogP contribution in [0.4, 0.5) is 0 Å². The largest absolute Gasteiger partial charge is 0.507 e. The van der Waals surface area contributed by atoms with Crippen LogP contribution in [0.3, 0.4) is 0 Å². The first kappa shape index (κ1) is 26.7. The fraction of sp³-hybridized carbons (Fsp3) is 0.296. The second-order valence-corrected chi connectivity index (χ2v) is 10.3. The van der Waals surface area contributed by atoms with E-state index in [1.807, 2.05) is 13.8 Å². The summed E-state index contributed by atoms with van der Waals surface area (Å²) < 4.78 is 13.8. The number of aromatic nitrogens is 1. The minimum absolute atomic E-state index is 0.0497. The molecule has 0 unspecified atom stereocenters. The first-order chi connectivity index (χ1) is 17.7. The molecule has 1 amide bonds. The number of methoxy groups -OCH3 is 2. The first-order valence-corrected chi connectivity index (χ1v) is 13.4. The van der Waals surface area contributed by atoms with Crippen LogP contribution in [0.25, 0.3) is 6.08 Å². The third-order valence-corrected chi connectivity index (χ3v) is 7.79. The molecule has 0 aliphatic carbocycles. The zero-order valence-electron chi connectivity index (χ0n) is 21.2. The Morgan fingerprint density at radius 3 is 2.57 bits per heavy atom. The topological polar surface area (TPSA) is 93.4 Å². The van der Waals surface area contributed by atoms with Crippen LogP contribution < -0.4 is 24.4 Å². The number of phenolic OH excluding ortho intramolecular Hbond substituents is 1. The lowest BCUT2D eigenvalue weighted by atomic mass is 9.93. The van der Waals surface area contributed by atoms with Gasteiger partial charge in [0.1, 0.15) is 23.3 Å². The Bertz CT molecular complexity index is 1570. The summed E-state index contributed by atoms with van der Waals surface area (Å²) in [5, 5.41) is 10.3. The average molecular weight is 587 g/mol. The Labute approximate surface area is 226 Å². The van der Waals surface area contributed by atoms with Crippen LogP contribution in [-0.2, 0) is 4.79 Å². The lowest BCUT2D eigenvalue weighted by Gasteiger charge is -2.30. The third kappa shape index (κ3) is 4.95. The number of nitrogens with zero attached hydrogens (tertiary/aromatic N) is 3. The SMILES string of the molecule is CCN(CC)C(=O)C1=C(C)N=c2s/c(=C/c3cc(Br)ccc3O)c(=O)n2[C@@H]1c1cc(OC)ccc1OC. The van der Waals surface area contributed by atoms with Gasteiger partial charge in [-0.3, -0.25) is 14.2 Å². The second-order valence-electron chi connectivity index (χ2n) is 8.37. The van der Waals surface area contributed by atoms with E-state index in [4.69, 9.17) is 9.47 Å². The minimum atomic E-state index is -0.785. The first-order valence-electron chi connectivity index (χ1n) is 11.8. The Kier molecular flexibility index (Phi) is 7.89. The molecule has 1 aromatic heterocycles. The number of fused-ring (bicyclic) bond motifs is 1. The molecule has 4 rings (SSSR count). The second kappa shape index (κ2) is 10.9. The highest BCUT2D eigenvalue weighted by molar-refractivity contribution is 9.10. The van der Waals surface area contributed by atoms with Crippen LogP contribution in [0.2, 0.25) is 0 Å². The number of benzene rings is 2. The van der Waals surface area contributed by atoms with Gasteiger partial charge in [-0.1, -0.05) is 27.3 Å². The molecule has 1 aliphatic heterocycles. The highest BCUT2D eigenvalue weighted by Gasteiger charge is 2.36. The molecule has 2 heterocycles. The van der Waals surface area contributed by atoms with E-state index in [1.165, 1.54) is 15.9 Å². The quantitative estimate of drug-likeness (QED) is 0.457. The number of aromatic hydroxyl groups is 1. The number of phenols is 1. The molecule has 0 fully saturated rings. The van der Waals surface area contributed by atoms with Gasteiger partial charge < -0.3 is 19.5 Å². The summed E-state index contributed by atoms with van der Waals surface area (Å²) in [5.41, 5.74) is 1.72. The third-order valence-electron chi connectivity index (χ3n) is 6.31. The summed E-state index contributed by atoms with van der Waals surface area (Å²) in [5.74, 6) is 0.944. The maximum atomic E-state index is 13.9. The van der Waals surface area contributed by atoms with Crippen molar-refractivity contribution in [3.05, 3.63) is 83.0 Å². The van der Waals surface area contributed by atoms with Gasteiger partial charge in [-0.25, -0.2) is 4.99 Å². The molecule has 1 N–H and O–H groups in total. The van der Waals surface area contributed by atoms with E-state index in [2.05, 4.69) is 20.9 Å². The number of likely N-dealkylation sites (N-methyl/N-ethyl adjacent to an activating group) is 1. The number of carbonyl (C=O) groups is 1. The fourth-order valence-corrected chi connectivity index (χ4v) is 5.82. The molecule has 0 saturated carbocycles. The van der Waals surface area contributed by atoms with Crippen molar-refractivity contribution in [2.24, 2.45) is 4.99 Å². The maximum absolute atomic E-state index is 13.9. The Morgan fingerprint density at radius 2 is 1.92 bits per heavy atom. The van der Waals surface area contributed by atoms with E-state index in [9.17, 15) is 14.7 Å². The molecule has 37 heavy (non-hydrogen) atoms. The van der Waals surface area contributed by atoms with E-state index >= 15 is 0 Å². The zero-order chi connectivity index (χ0) is 26.9. The van der Waals surface area contributed by atoms with E-state index < -0.39 is 6.04 Å². The smallest absolute Gasteiger partial charge is 0.271 e. The average Bonchev–Trinajstić information content (AvgIpc) is 3.19. The van der Waals surface area contributed by atoms with E-state index in [0.29, 0.717) is 56.3 Å². The van der Waals surface area contributed by atoms with Gasteiger partial charge in [0.2, 0.25) is 0 Å². The van der Waals surface area contributed by atoms with Crippen molar-refractivity contribution in [3.63, 3.8) is 0 Å². The molecule has 2 aromatic carbocycles. The van der Waals surface area contributed by atoms with Crippen molar-refractivity contribution in [2.45, 2.75) is 26.8 Å². The molecule has 0 saturated heterocycles. The molecule has 0 radical (unpaired) electrons. The molecule has 3 aromatic rings. The Morgan fingerprint density at radius 1 is 1.19 bits per heavy atom. The van der Waals surface area contributed by atoms with Crippen LogP contribution in [-0.4, -0.2) is 47.8 Å². The standard InChI is InChI=1S/C27H28BrN3O5S/c1-6-30(7-2)26(34)23-15(3)29-27-31(24(23)19-14-18(35-4)9-11-21(19)36-5)25(33)22(37-27)13-16-12-17(28)8-10-20(16)32/h8-14,24,32H,6-7H2,1-5H3/b22-13+/t24-/m1/s1. The molecule has 10 heteroatoms. The van der Waals surface area contributed by atoms with Crippen molar-refractivity contribution >= 4 is 39.2 Å². The molecular formula is C27H28BrN3O5S. The van der Waals surface area contributed by atoms with Gasteiger partial charge in [-0.15, -0.1) is 0 Å². The Hall–Kier alpha value is -3.37. The number of amides is 1. The molecular weight excluding hydrogens is 558 g/mol. The lowest BCUT2D eigenvalue weighted by molar-refractivity contribution is -0.127. The van der Waals surface area contributed by atoms with Crippen molar-refractivity contribution < 1.29 is 19.4 Å². The summed E-state index contributed by atoms with van der Waals surface area (Å²) in [6.07, 6.45) is 1.63. The van der Waals surface area contributed by atoms with Gasteiger partial charge in [0, 0.05) is 28.7 Å². The van der Waals surface area contributed by atoms with Crippen LogP contribution in [0.1, 0.15) is 37.9 Å². The summed E-state index contributed by atoms with van der Waals surface area (Å²) in [4.78, 5) is 34.5. The normalized spacial score (nSPS) is 15.3. The monoisotopic (exact) mass is 585 g/mol. The van der Waals surface area contributed by atoms with Crippen LogP contribution in [0.15, 0.2) is 61.9 Å². The Balaban J connectivity index is 2.05. The number of hydrogen-bond acceptors (Lipinski definition) is 7. The van der Waals surface area contributed by atoms with E-state index in [-0.39, 0.29) is 17.2 Å². The minimum Gasteiger partial charge on any atom is -0.507 e. The van der Waals surface area contributed by atoms with E-state index in [0.717, 1.165) is 4.47 Å².